The van der Waals surface area contributed by atoms with Gasteiger partial charge in [0, 0.05) is 42.9 Å². The Balaban J connectivity index is 1.37. The molecule has 0 radical (unpaired) electrons. The van der Waals surface area contributed by atoms with Crippen molar-refractivity contribution in [3.05, 3.63) is 42.5 Å². The van der Waals surface area contributed by atoms with Gasteiger partial charge in [-0.3, -0.25) is 9.59 Å². The number of benzene rings is 2. The second-order valence-electron chi connectivity index (χ2n) is 7.41. The normalized spacial score (nSPS) is 14.8. The molecule has 1 saturated heterocycles. The Hall–Kier alpha value is -3.02. The first-order valence-corrected chi connectivity index (χ1v) is 9.63. The summed E-state index contributed by atoms with van der Waals surface area (Å²) >= 11 is 0. The molecule has 0 unspecified atom stereocenters. The van der Waals surface area contributed by atoms with E-state index >= 15 is 0 Å². The maximum Gasteiger partial charge on any atom is 0.260 e. The third-order valence-electron chi connectivity index (χ3n) is 5.15. The number of carbonyl (C=O) groups excluding carboxylic acids is 2. The molecular formula is C22H24N2O4. The van der Waals surface area contributed by atoms with E-state index in [-0.39, 0.29) is 24.3 Å². The van der Waals surface area contributed by atoms with Gasteiger partial charge in [0.15, 0.2) is 6.61 Å². The van der Waals surface area contributed by atoms with Gasteiger partial charge in [-0.05, 0) is 24.3 Å². The molecule has 1 aromatic heterocycles. The molecule has 28 heavy (non-hydrogen) atoms. The molecule has 1 aliphatic rings. The summed E-state index contributed by atoms with van der Waals surface area (Å²) in [5.74, 6) is 0.707. The van der Waals surface area contributed by atoms with Gasteiger partial charge in [-0.15, -0.1) is 0 Å². The number of amides is 2. The zero-order chi connectivity index (χ0) is 19.7. The molecule has 2 heterocycles. The number of carbonyl (C=O) groups is 2. The van der Waals surface area contributed by atoms with Gasteiger partial charge in [-0.2, -0.15) is 0 Å². The van der Waals surface area contributed by atoms with Crippen LogP contribution in [-0.2, 0) is 9.59 Å². The summed E-state index contributed by atoms with van der Waals surface area (Å²) in [5.41, 5.74) is 1.63. The third-order valence-corrected chi connectivity index (χ3v) is 5.15. The molecule has 146 valence electrons. The Morgan fingerprint density at radius 1 is 0.964 bits per heavy atom. The largest absolute Gasteiger partial charge is 0.484 e. The molecule has 0 aliphatic carbocycles. The molecule has 0 spiro atoms. The molecule has 0 N–H and O–H groups in total. The van der Waals surface area contributed by atoms with E-state index in [2.05, 4.69) is 0 Å². The fourth-order valence-corrected chi connectivity index (χ4v) is 3.57. The molecule has 2 aromatic carbocycles. The number of fused-ring (bicyclic) bond motifs is 3. The van der Waals surface area contributed by atoms with Gasteiger partial charge in [0.25, 0.3) is 5.91 Å². The summed E-state index contributed by atoms with van der Waals surface area (Å²) in [6, 6.07) is 13.4. The van der Waals surface area contributed by atoms with Crippen LogP contribution in [0.2, 0.25) is 0 Å². The number of para-hydroxylation sites is 1. The topological polar surface area (TPSA) is 63.0 Å². The first-order valence-electron chi connectivity index (χ1n) is 9.63. The minimum atomic E-state index is -0.0613. The Kier molecular flexibility index (Phi) is 4.94. The predicted molar refractivity (Wildman–Crippen MR) is 107 cm³/mol. The smallest absolute Gasteiger partial charge is 0.260 e. The van der Waals surface area contributed by atoms with Crippen LogP contribution in [0.15, 0.2) is 46.9 Å². The van der Waals surface area contributed by atoms with Crippen molar-refractivity contribution >= 4 is 33.8 Å². The highest BCUT2D eigenvalue weighted by molar-refractivity contribution is 6.05. The summed E-state index contributed by atoms with van der Waals surface area (Å²) in [4.78, 5) is 28.1. The van der Waals surface area contributed by atoms with E-state index in [4.69, 9.17) is 9.15 Å². The van der Waals surface area contributed by atoms with Crippen molar-refractivity contribution in [2.24, 2.45) is 5.92 Å². The van der Waals surface area contributed by atoms with Gasteiger partial charge >= 0.3 is 0 Å². The Labute approximate surface area is 163 Å². The van der Waals surface area contributed by atoms with Crippen molar-refractivity contribution < 1.29 is 18.7 Å². The van der Waals surface area contributed by atoms with Gasteiger partial charge < -0.3 is 19.0 Å². The van der Waals surface area contributed by atoms with E-state index in [0.717, 1.165) is 21.9 Å². The number of rotatable bonds is 4. The predicted octanol–water partition coefficient (Wildman–Crippen LogP) is 3.29. The summed E-state index contributed by atoms with van der Waals surface area (Å²) in [7, 11) is 0. The van der Waals surface area contributed by atoms with Gasteiger partial charge in [0.05, 0.1) is 0 Å². The van der Waals surface area contributed by atoms with Crippen LogP contribution < -0.4 is 4.74 Å². The molecule has 0 saturated carbocycles. The zero-order valence-corrected chi connectivity index (χ0v) is 16.2. The third kappa shape index (κ3) is 3.54. The van der Waals surface area contributed by atoms with Crippen LogP contribution in [0.1, 0.15) is 13.8 Å². The lowest BCUT2D eigenvalue weighted by Gasteiger charge is -2.35. The van der Waals surface area contributed by atoms with Crippen LogP contribution in [0.3, 0.4) is 0 Å². The van der Waals surface area contributed by atoms with Crippen LogP contribution in [0, 0.1) is 5.92 Å². The Bertz CT molecular complexity index is 1020. The fourth-order valence-electron chi connectivity index (χ4n) is 3.57. The average molecular weight is 380 g/mol. The second-order valence-corrected chi connectivity index (χ2v) is 7.41. The molecule has 1 aliphatic heterocycles. The summed E-state index contributed by atoms with van der Waals surface area (Å²) in [5, 5.41) is 2.00. The van der Waals surface area contributed by atoms with Crippen molar-refractivity contribution in [2.75, 3.05) is 32.8 Å². The average Bonchev–Trinajstić information content (AvgIpc) is 3.09. The Morgan fingerprint density at radius 2 is 1.64 bits per heavy atom. The summed E-state index contributed by atoms with van der Waals surface area (Å²) < 4.78 is 11.6. The standard InChI is InChI=1S/C22H24N2O4/c1-15(2)22(26)24-11-9-23(10-12-24)21(25)14-27-16-7-8-20-18(13-16)17-5-3-4-6-19(17)28-20/h3-8,13,15H,9-12,14H2,1-2H3. The maximum absolute atomic E-state index is 12.5. The molecular weight excluding hydrogens is 356 g/mol. The zero-order valence-electron chi connectivity index (χ0n) is 16.2. The monoisotopic (exact) mass is 380 g/mol. The fraction of sp³-hybridized carbons (Fsp3) is 0.364. The van der Waals surface area contributed by atoms with E-state index < -0.39 is 0 Å². The van der Waals surface area contributed by atoms with Crippen molar-refractivity contribution in [3.63, 3.8) is 0 Å². The summed E-state index contributed by atoms with van der Waals surface area (Å²) in [6.45, 7) is 6.03. The number of hydrogen-bond donors (Lipinski definition) is 0. The van der Waals surface area contributed by atoms with Gasteiger partial charge in [-0.1, -0.05) is 32.0 Å². The molecule has 1 fully saturated rings. The van der Waals surface area contributed by atoms with Crippen LogP contribution in [0.4, 0.5) is 0 Å². The number of piperazine rings is 1. The number of furan rings is 1. The molecule has 6 nitrogen and oxygen atoms in total. The molecule has 3 aromatic rings. The van der Waals surface area contributed by atoms with Crippen molar-refractivity contribution in [1.29, 1.82) is 0 Å². The highest BCUT2D eigenvalue weighted by Gasteiger charge is 2.25. The van der Waals surface area contributed by atoms with E-state index in [0.29, 0.717) is 31.9 Å². The number of nitrogens with zero attached hydrogens (tertiary/aromatic N) is 2. The Morgan fingerprint density at radius 3 is 2.39 bits per heavy atom. The quantitative estimate of drug-likeness (QED) is 0.697. The van der Waals surface area contributed by atoms with Crippen LogP contribution in [-0.4, -0.2) is 54.4 Å². The van der Waals surface area contributed by atoms with E-state index in [1.165, 1.54) is 0 Å². The van der Waals surface area contributed by atoms with Crippen molar-refractivity contribution in [2.45, 2.75) is 13.8 Å². The van der Waals surface area contributed by atoms with Crippen LogP contribution >= 0.6 is 0 Å². The first-order chi connectivity index (χ1) is 13.5. The lowest BCUT2D eigenvalue weighted by atomic mass is 10.1. The second kappa shape index (κ2) is 7.54. The molecule has 2 amide bonds. The molecule has 0 atom stereocenters. The van der Waals surface area contributed by atoms with Gasteiger partial charge in [0.2, 0.25) is 5.91 Å². The highest BCUT2D eigenvalue weighted by Crippen LogP contribution is 2.31. The molecule has 6 heteroatoms. The first kappa shape index (κ1) is 18.3. The maximum atomic E-state index is 12.5. The SMILES string of the molecule is CC(C)C(=O)N1CCN(C(=O)COc2ccc3oc4ccccc4c3c2)CC1. The van der Waals surface area contributed by atoms with Crippen molar-refractivity contribution in [3.8, 4) is 5.75 Å². The van der Waals surface area contributed by atoms with E-state index in [9.17, 15) is 9.59 Å². The number of hydrogen-bond acceptors (Lipinski definition) is 4. The van der Waals surface area contributed by atoms with Gasteiger partial charge in [-0.25, -0.2) is 0 Å². The lowest BCUT2D eigenvalue weighted by molar-refractivity contribution is -0.142. The minimum absolute atomic E-state index is 0.0143. The van der Waals surface area contributed by atoms with Gasteiger partial charge in [0.1, 0.15) is 16.9 Å². The molecule has 0 bridgehead atoms. The van der Waals surface area contributed by atoms with E-state index in [1.54, 1.807) is 4.90 Å². The number of ether oxygens (including phenoxy) is 1. The highest BCUT2D eigenvalue weighted by atomic mass is 16.5. The minimum Gasteiger partial charge on any atom is -0.484 e. The molecule has 4 rings (SSSR count). The van der Waals surface area contributed by atoms with E-state index in [1.807, 2.05) is 61.2 Å². The van der Waals surface area contributed by atoms with Crippen LogP contribution in [0.5, 0.6) is 5.75 Å². The van der Waals surface area contributed by atoms with Crippen LogP contribution in [0.25, 0.3) is 21.9 Å². The lowest BCUT2D eigenvalue weighted by Crippen LogP contribution is -2.52. The summed E-state index contributed by atoms with van der Waals surface area (Å²) in [6.07, 6.45) is 0. The van der Waals surface area contributed by atoms with Crippen molar-refractivity contribution in [1.82, 2.24) is 9.80 Å².